The van der Waals surface area contributed by atoms with E-state index in [4.69, 9.17) is 16.6 Å². The Morgan fingerprint density at radius 1 is 1.32 bits per heavy atom. The average molecular weight is 273 g/mol. The molecule has 2 N–H and O–H groups in total. The number of hydrazone groups is 1. The Labute approximate surface area is 117 Å². The van der Waals surface area contributed by atoms with Gasteiger partial charge >= 0.3 is 0 Å². The van der Waals surface area contributed by atoms with Crippen LogP contribution >= 0.6 is 12.2 Å². The first kappa shape index (κ1) is 13.3. The number of hydrogen-bond acceptors (Lipinski definition) is 3. The number of nitrogens with zero attached hydrogens (tertiary/aromatic N) is 1. The van der Waals surface area contributed by atoms with Crippen molar-refractivity contribution in [2.75, 3.05) is 0 Å². The molecule has 0 fully saturated rings. The first-order valence-corrected chi connectivity index (χ1v) is 6.31. The Kier molecular flexibility index (Phi) is 4.69. The maximum atomic E-state index is 5.18. The highest BCUT2D eigenvalue weighted by Gasteiger charge is 1.96. The van der Waals surface area contributed by atoms with Crippen LogP contribution in [0, 0.1) is 6.92 Å². The summed E-state index contributed by atoms with van der Waals surface area (Å²) in [6.07, 6.45) is 3.35. The first-order chi connectivity index (χ1) is 9.24. The van der Waals surface area contributed by atoms with Crippen LogP contribution in [0.3, 0.4) is 0 Å². The van der Waals surface area contributed by atoms with Crippen LogP contribution in [0.15, 0.2) is 52.2 Å². The van der Waals surface area contributed by atoms with Crippen LogP contribution in [-0.4, -0.2) is 11.3 Å². The molecule has 19 heavy (non-hydrogen) atoms. The minimum atomic E-state index is 0.458. The summed E-state index contributed by atoms with van der Waals surface area (Å²) in [5, 5.41) is 7.51. The third kappa shape index (κ3) is 4.56. The van der Waals surface area contributed by atoms with Gasteiger partial charge in [-0.1, -0.05) is 29.8 Å². The van der Waals surface area contributed by atoms with Gasteiger partial charge < -0.3 is 9.73 Å². The molecule has 0 aliphatic rings. The molecule has 1 heterocycles. The molecule has 0 bridgehead atoms. The lowest BCUT2D eigenvalue weighted by atomic mass is 10.2. The molecule has 2 aromatic rings. The molecule has 0 spiro atoms. The van der Waals surface area contributed by atoms with Gasteiger partial charge in [0.05, 0.1) is 19.0 Å². The zero-order valence-corrected chi connectivity index (χ0v) is 11.4. The highest BCUT2D eigenvalue weighted by molar-refractivity contribution is 7.80. The second-order valence-corrected chi connectivity index (χ2v) is 4.45. The molecule has 1 aromatic heterocycles. The van der Waals surface area contributed by atoms with Crippen molar-refractivity contribution in [1.82, 2.24) is 10.7 Å². The van der Waals surface area contributed by atoms with Crippen molar-refractivity contribution in [1.29, 1.82) is 0 Å². The lowest BCUT2D eigenvalue weighted by molar-refractivity contribution is 0.502. The summed E-state index contributed by atoms with van der Waals surface area (Å²) in [4.78, 5) is 0. The molecule has 2 rings (SSSR count). The lowest BCUT2D eigenvalue weighted by Crippen LogP contribution is -2.31. The van der Waals surface area contributed by atoms with Crippen LogP contribution in [-0.2, 0) is 6.54 Å². The Hall–Kier alpha value is -2.14. The van der Waals surface area contributed by atoms with E-state index in [2.05, 4.69) is 15.8 Å². The fourth-order valence-electron chi connectivity index (χ4n) is 1.44. The molecule has 0 amide bonds. The van der Waals surface area contributed by atoms with E-state index in [1.165, 1.54) is 5.56 Å². The molecule has 0 aliphatic carbocycles. The fraction of sp³-hybridized carbons (Fsp3) is 0.143. The first-order valence-electron chi connectivity index (χ1n) is 5.90. The second-order valence-electron chi connectivity index (χ2n) is 4.04. The number of hydrogen-bond donors (Lipinski definition) is 2. The third-order valence-corrected chi connectivity index (χ3v) is 2.70. The van der Waals surface area contributed by atoms with Crippen molar-refractivity contribution in [3.8, 4) is 0 Å². The van der Waals surface area contributed by atoms with Crippen molar-refractivity contribution in [2.24, 2.45) is 5.10 Å². The van der Waals surface area contributed by atoms with Crippen LogP contribution in [0.1, 0.15) is 16.9 Å². The molecule has 0 saturated carbocycles. The summed E-state index contributed by atoms with van der Waals surface area (Å²) in [6.45, 7) is 2.59. The summed E-state index contributed by atoms with van der Waals surface area (Å²) in [6, 6.07) is 11.8. The maximum absolute atomic E-state index is 5.18. The number of aryl methyl sites for hydroxylation is 1. The summed E-state index contributed by atoms with van der Waals surface area (Å²) >= 11 is 5.09. The topological polar surface area (TPSA) is 49.6 Å². The number of nitrogens with one attached hydrogen (secondary N) is 2. The van der Waals surface area contributed by atoms with Crippen molar-refractivity contribution in [2.45, 2.75) is 13.5 Å². The monoisotopic (exact) mass is 273 g/mol. The van der Waals surface area contributed by atoms with Crippen LogP contribution < -0.4 is 10.7 Å². The van der Waals surface area contributed by atoms with Gasteiger partial charge in [0.2, 0.25) is 0 Å². The van der Waals surface area contributed by atoms with Crippen molar-refractivity contribution in [3.05, 3.63) is 59.5 Å². The molecular formula is C14H15N3OS. The highest BCUT2D eigenvalue weighted by atomic mass is 32.1. The van der Waals surface area contributed by atoms with Gasteiger partial charge in [0.1, 0.15) is 5.76 Å². The van der Waals surface area contributed by atoms with Gasteiger partial charge in [0.15, 0.2) is 5.11 Å². The Morgan fingerprint density at radius 3 is 2.79 bits per heavy atom. The average Bonchev–Trinajstić information content (AvgIpc) is 2.92. The normalized spacial score (nSPS) is 10.6. The number of furan rings is 1. The van der Waals surface area contributed by atoms with E-state index in [0.29, 0.717) is 11.7 Å². The van der Waals surface area contributed by atoms with Gasteiger partial charge in [-0.25, -0.2) is 0 Å². The fourth-order valence-corrected chi connectivity index (χ4v) is 1.56. The van der Waals surface area contributed by atoms with E-state index < -0.39 is 0 Å². The van der Waals surface area contributed by atoms with E-state index in [1.54, 1.807) is 12.5 Å². The molecule has 1 aromatic carbocycles. The molecule has 0 aliphatic heterocycles. The predicted molar refractivity (Wildman–Crippen MR) is 80.1 cm³/mol. The van der Waals surface area contributed by atoms with Gasteiger partial charge in [-0.3, -0.25) is 5.43 Å². The van der Waals surface area contributed by atoms with E-state index in [9.17, 15) is 0 Å². The molecule has 0 saturated heterocycles. The summed E-state index contributed by atoms with van der Waals surface area (Å²) in [7, 11) is 0. The molecule has 0 atom stereocenters. The van der Waals surface area contributed by atoms with E-state index >= 15 is 0 Å². The molecule has 5 heteroatoms. The number of rotatable bonds is 4. The molecular weight excluding hydrogens is 258 g/mol. The van der Waals surface area contributed by atoms with E-state index in [-0.39, 0.29) is 0 Å². The van der Waals surface area contributed by atoms with Gasteiger partial charge in [-0.05, 0) is 36.8 Å². The van der Waals surface area contributed by atoms with Crippen LogP contribution in [0.25, 0.3) is 0 Å². The molecule has 4 nitrogen and oxygen atoms in total. The quantitative estimate of drug-likeness (QED) is 0.511. The zero-order valence-electron chi connectivity index (χ0n) is 10.6. The van der Waals surface area contributed by atoms with Crippen LogP contribution in [0.5, 0.6) is 0 Å². The molecule has 98 valence electrons. The van der Waals surface area contributed by atoms with Gasteiger partial charge in [-0.2, -0.15) is 5.10 Å². The standard InChI is InChI=1S/C14H15N3OS/c1-11-4-6-12(7-5-11)9-16-17-14(19)15-10-13-3-2-8-18-13/h2-9H,10H2,1H3,(H2,15,17,19)/b16-9+. The molecule has 0 radical (unpaired) electrons. The third-order valence-electron chi connectivity index (χ3n) is 2.46. The zero-order chi connectivity index (χ0) is 13.5. The van der Waals surface area contributed by atoms with Gasteiger partial charge in [0.25, 0.3) is 0 Å². The number of thiocarbonyl (C=S) groups is 1. The smallest absolute Gasteiger partial charge is 0.187 e. The summed E-state index contributed by atoms with van der Waals surface area (Å²) in [5.41, 5.74) is 5.00. The van der Waals surface area contributed by atoms with Crippen LogP contribution in [0.4, 0.5) is 0 Å². The second kappa shape index (κ2) is 6.70. The highest BCUT2D eigenvalue weighted by Crippen LogP contribution is 2.00. The van der Waals surface area contributed by atoms with Gasteiger partial charge in [0, 0.05) is 0 Å². The van der Waals surface area contributed by atoms with E-state index in [1.807, 2.05) is 43.3 Å². The minimum Gasteiger partial charge on any atom is -0.467 e. The lowest BCUT2D eigenvalue weighted by Gasteiger charge is -2.04. The summed E-state index contributed by atoms with van der Waals surface area (Å²) in [5.74, 6) is 0.826. The minimum absolute atomic E-state index is 0.458. The molecule has 0 unspecified atom stereocenters. The Balaban J connectivity index is 1.75. The van der Waals surface area contributed by atoms with Crippen molar-refractivity contribution in [3.63, 3.8) is 0 Å². The van der Waals surface area contributed by atoms with Crippen molar-refractivity contribution < 1.29 is 4.42 Å². The predicted octanol–water partition coefficient (Wildman–Crippen LogP) is 2.59. The maximum Gasteiger partial charge on any atom is 0.187 e. The van der Waals surface area contributed by atoms with Crippen LogP contribution in [0.2, 0.25) is 0 Å². The summed E-state index contributed by atoms with van der Waals surface area (Å²) < 4.78 is 5.18. The number of benzene rings is 1. The SMILES string of the molecule is Cc1ccc(/C=N/NC(=S)NCc2ccco2)cc1. The Morgan fingerprint density at radius 2 is 2.11 bits per heavy atom. The Bertz CT molecular complexity index is 547. The largest absolute Gasteiger partial charge is 0.467 e. The van der Waals surface area contributed by atoms with E-state index in [0.717, 1.165) is 11.3 Å². The van der Waals surface area contributed by atoms with Crippen molar-refractivity contribution >= 4 is 23.5 Å². The van der Waals surface area contributed by atoms with Gasteiger partial charge in [-0.15, -0.1) is 0 Å².